The lowest BCUT2D eigenvalue weighted by molar-refractivity contribution is -0.140. The van der Waals surface area contributed by atoms with Crippen molar-refractivity contribution in [1.29, 1.82) is 0 Å². The molecule has 150 valence electrons. The number of carbonyl (C=O) groups is 1. The number of hydrogen-bond donors (Lipinski definition) is 0. The van der Waals surface area contributed by atoms with Crippen molar-refractivity contribution in [2.45, 2.75) is 18.7 Å². The first-order valence-corrected chi connectivity index (χ1v) is 9.31. The van der Waals surface area contributed by atoms with Crippen LogP contribution in [0.5, 0.6) is 0 Å². The van der Waals surface area contributed by atoms with Crippen molar-refractivity contribution in [2.24, 2.45) is 0 Å². The fourth-order valence-corrected chi connectivity index (χ4v) is 3.60. The summed E-state index contributed by atoms with van der Waals surface area (Å²) in [5.74, 6) is 0.113. The molecular formula is C19H26F3N3O2. The average Bonchev–Trinajstić information content (AvgIpc) is 2.66. The van der Waals surface area contributed by atoms with Crippen molar-refractivity contribution in [2.75, 3.05) is 59.5 Å². The third-order valence-corrected chi connectivity index (χ3v) is 5.26. The number of halogens is 3. The van der Waals surface area contributed by atoms with Crippen molar-refractivity contribution in [3.05, 3.63) is 35.4 Å². The molecule has 0 spiro atoms. The van der Waals surface area contributed by atoms with Crippen LogP contribution in [0.3, 0.4) is 0 Å². The van der Waals surface area contributed by atoms with Crippen LogP contribution in [-0.2, 0) is 15.7 Å². The number of rotatable bonds is 4. The Hall–Kier alpha value is -1.64. The monoisotopic (exact) mass is 385 g/mol. The third-order valence-electron chi connectivity index (χ3n) is 5.26. The molecule has 2 heterocycles. The lowest BCUT2D eigenvalue weighted by atomic mass is 10.0. The fraction of sp³-hybridized carbons (Fsp3) is 0.632. The lowest BCUT2D eigenvalue weighted by Crippen LogP contribution is -2.48. The topological polar surface area (TPSA) is 36.0 Å². The summed E-state index contributed by atoms with van der Waals surface area (Å²) in [7, 11) is 2.04. The van der Waals surface area contributed by atoms with Crippen LogP contribution in [0.4, 0.5) is 13.2 Å². The number of likely N-dealkylation sites (N-methyl/N-ethyl adjacent to an activating group) is 1. The Kier molecular flexibility index (Phi) is 6.39. The molecule has 0 aliphatic carbocycles. The molecule has 8 heteroatoms. The van der Waals surface area contributed by atoms with E-state index in [0.29, 0.717) is 32.7 Å². The highest BCUT2D eigenvalue weighted by atomic mass is 19.4. The molecule has 1 aromatic rings. The smallest absolute Gasteiger partial charge is 0.371 e. The molecule has 1 amide bonds. The summed E-state index contributed by atoms with van der Waals surface area (Å²) in [6.45, 7) is 5.11. The summed E-state index contributed by atoms with van der Waals surface area (Å²) in [5, 5.41) is 0. The van der Waals surface area contributed by atoms with Gasteiger partial charge in [0.05, 0.1) is 18.3 Å². The first-order chi connectivity index (χ1) is 12.8. The van der Waals surface area contributed by atoms with Crippen LogP contribution in [0, 0.1) is 0 Å². The minimum Gasteiger partial charge on any atom is -0.371 e. The molecule has 0 N–H and O–H groups in total. The maximum atomic E-state index is 13.3. The second-order valence-corrected chi connectivity index (χ2v) is 7.18. The highest BCUT2D eigenvalue weighted by molar-refractivity contribution is 5.76. The summed E-state index contributed by atoms with van der Waals surface area (Å²) in [4.78, 5) is 18.5. The zero-order valence-electron chi connectivity index (χ0n) is 15.5. The van der Waals surface area contributed by atoms with E-state index in [-0.39, 0.29) is 11.5 Å². The van der Waals surface area contributed by atoms with Gasteiger partial charge in [-0.3, -0.25) is 9.69 Å². The van der Waals surface area contributed by atoms with Crippen LogP contribution in [0.1, 0.15) is 23.7 Å². The van der Waals surface area contributed by atoms with E-state index in [1.807, 2.05) is 16.8 Å². The second kappa shape index (κ2) is 8.58. The Bertz CT molecular complexity index is 645. The zero-order chi connectivity index (χ0) is 19.4. The zero-order valence-corrected chi connectivity index (χ0v) is 15.5. The Morgan fingerprint density at radius 1 is 1.15 bits per heavy atom. The number of alkyl halides is 3. The standard InChI is InChI=1S/C19H26F3N3O2/c1-23-8-10-25(11-9-23)18(26)6-7-24-12-13-27-17(14-24)15-4-2-3-5-16(15)19(20,21)22/h2-5,17H,6-14H2,1H3/t17-/m1/s1. The van der Waals surface area contributed by atoms with Crippen molar-refractivity contribution < 1.29 is 22.7 Å². The summed E-state index contributed by atoms with van der Waals surface area (Å²) >= 11 is 0. The summed E-state index contributed by atoms with van der Waals surface area (Å²) in [6.07, 6.45) is -4.65. The SMILES string of the molecule is CN1CCN(C(=O)CCN2CCO[C@@H](c3ccccc3C(F)(F)F)C2)CC1. The first-order valence-electron chi connectivity index (χ1n) is 9.31. The van der Waals surface area contributed by atoms with Crippen LogP contribution < -0.4 is 0 Å². The van der Waals surface area contributed by atoms with Crippen molar-refractivity contribution in [3.63, 3.8) is 0 Å². The van der Waals surface area contributed by atoms with Crippen molar-refractivity contribution in [3.8, 4) is 0 Å². The maximum absolute atomic E-state index is 13.3. The average molecular weight is 385 g/mol. The number of piperazine rings is 1. The van der Waals surface area contributed by atoms with Gasteiger partial charge in [0.15, 0.2) is 0 Å². The van der Waals surface area contributed by atoms with Crippen LogP contribution >= 0.6 is 0 Å². The van der Waals surface area contributed by atoms with E-state index < -0.39 is 17.8 Å². The number of morpholine rings is 1. The molecule has 0 saturated carbocycles. The van der Waals surface area contributed by atoms with Crippen LogP contribution in [-0.4, -0.2) is 80.1 Å². The van der Waals surface area contributed by atoms with Crippen LogP contribution in [0.15, 0.2) is 24.3 Å². The fourth-order valence-electron chi connectivity index (χ4n) is 3.60. The maximum Gasteiger partial charge on any atom is 0.416 e. The van der Waals surface area contributed by atoms with Gasteiger partial charge in [0, 0.05) is 52.2 Å². The molecule has 1 atom stereocenters. The lowest BCUT2D eigenvalue weighted by Gasteiger charge is -2.35. The van der Waals surface area contributed by atoms with E-state index >= 15 is 0 Å². The molecule has 1 aromatic carbocycles. The Morgan fingerprint density at radius 2 is 1.85 bits per heavy atom. The highest BCUT2D eigenvalue weighted by Gasteiger charge is 2.36. The van der Waals surface area contributed by atoms with E-state index in [9.17, 15) is 18.0 Å². The van der Waals surface area contributed by atoms with Crippen molar-refractivity contribution in [1.82, 2.24) is 14.7 Å². The largest absolute Gasteiger partial charge is 0.416 e. The van der Waals surface area contributed by atoms with E-state index in [2.05, 4.69) is 4.90 Å². The summed E-state index contributed by atoms with van der Waals surface area (Å²) in [6, 6.07) is 5.56. The number of nitrogens with zero attached hydrogens (tertiary/aromatic N) is 3. The van der Waals surface area contributed by atoms with E-state index in [0.717, 1.165) is 32.2 Å². The first kappa shape index (κ1) is 20.1. The van der Waals surface area contributed by atoms with Gasteiger partial charge >= 0.3 is 6.18 Å². The summed E-state index contributed by atoms with van der Waals surface area (Å²) < 4.78 is 45.4. The molecule has 2 aliphatic heterocycles. The van der Waals surface area contributed by atoms with E-state index in [1.165, 1.54) is 12.1 Å². The molecule has 2 aliphatic rings. The normalized spacial score (nSPS) is 22.8. The quantitative estimate of drug-likeness (QED) is 0.797. The number of hydrogen-bond acceptors (Lipinski definition) is 4. The molecule has 2 saturated heterocycles. The number of carbonyl (C=O) groups excluding carboxylic acids is 1. The number of ether oxygens (including phenoxy) is 1. The molecule has 3 rings (SSSR count). The number of benzene rings is 1. The van der Waals surface area contributed by atoms with Crippen molar-refractivity contribution >= 4 is 5.91 Å². The number of amides is 1. The van der Waals surface area contributed by atoms with Gasteiger partial charge in [-0.2, -0.15) is 13.2 Å². The van der Waals surface area contributed by atoms with E-state index in [1.54, 1.807) is 6.07 Å². The molecule has 5 nitrogen and oxygen atoms in total. The predicted octanol–water partition coefficient (Wildman–Crippen LogP) is 2.24. The molecule has 0 bridgehead atoms. The van der Waals surface area contributed by atoms with E-state index in [4.69, 9.17) is 4.74 Å². The molecule has 0 radical (unpaired) electrons. The molecule has 0 unspecified atom stereocenters. The third kappa shape index (κ3) is 5.21. The summed E-state index contributed by atoms with van der Waals surface area (Å²) in [5.41, 5.74) is -0.481. The Labute approximate surface area is 157 Å². The van der Waals surface area contributed by atoms with Gasteiger partial charge in [-0.15, -0.1) is 0 Å². The molecular weight excluding hydrogens is 359 g/mol. The highest BCUT2D eigenvalue weighted by Crippen LogP contribution is 2.36. The predicted molar refractivity (Wildman–Crippen MR) is 95.3 cm³/mol. The van der Waals surface area contributed by atoms with Crippen LogP contribution in [0.25, 0.3) is 0 Å². The minimum atomic E-state index is -4.40. The van der Waals surface area contributed by atoms with Gasteiger partial charge < -0.3 is 14.5 Å². The molecule has 2 fully saturated rings. The van der Waals surface area contributed by atoms with Gasteiger partial charge in [-0.05, 0) is 18.7 Å². The minimum absolute atomic E-state index is 0.113. The molecule has 27 heavy (non-hydrogen) atoms. The Morgan fingerprint density at radius 3 is 2.56 bits per heavy atom. The van der Waals surface area contributed by atoms with Gasteiger partial charge in [0.1, 0.15) is 0 Å². The second-order valence-electron chi connectivity index (χ2n) is 7.18. The molecule has 0 aromatic heterocycles. The van der Waals surface area contributed by atoms with Gasteiger partial charge in [0.2, 0.25) is 5.91 Å². The Balaban J connectivity index is 1.57. The van der Waals surface area contributed by atoms with Gasteiger partial charge in [0.25, 0.3) is 0 Å². The van der Waals surface area contributed by atoms with Gasteiger partial charge in [-0.1, -0.05) is 18.2 Å². The van der Waals surface area contributed by atoms with Crippen LogP contribution in [0.2, 0.25) is 0 Å². The van der Waals surface area contributed by atoms with Gasteiger partial charge in [-0.25, -0.2) is 0 Å².